The highest BCUT2D eigenvalue weighted by Crippen LogP contribution is 2.39. The smallest absolute Gasteiger partial charge is 0.191 e. The van der Waals surface area contributed by atoms with Crippen molar-refractivity contribution in [3.8, 4) is 0 Å². The highest BCUT2D eigenvalue weighted by atomic mass is 127. The Morgan fingerprint density at radius 1 is 1.32 bits per heavy atom. The van der Waals surface area contributed by atoms with Crippen molar-refractivity contribution in [1.29, 1.82) is 0 Å². The molecule has 0 aliphatic heterocycles. The molecular formula is C20H39IN6O. The van der Waals surface area contributed by atoms with Crippen molar-refractivity contribution in [3.05, 3.63) is 18.0 Å². The predicted molar refractivity (Wildman–Crippen MR) is 126 cm³/mol. The molecule has 0 radical (unpaired) electrons. The number of nitrogens with zero attached hydrogens (tertiary/aromatic N) is 4. The Hall–Kier alpha value is -0.870. The minimum absolute atomic E-state index is 0. The SMILES string of the molecule is CCNC(=NCC1(CCO)CCCCC1)NCC(c1cnn(C)c1)N(C)C.I. The van der Waals surface area contributed by atoms with Crippen LogP contribution in [-0.2, 0) is 7.05 Å². The summed E-state index contributed by atoms with van der Waals surface area (Å²) in [5, 5.41) is 20.7. The molecule has 1 aromatic rings. The average molecular weight is 506 g/mol. The van der Waals surface area contributed by atoms with Crippen molar-refractivity contribution in [2.75, 3.05) is 40.3 Å². The molecule has 1 aromatic heterocycles. The number of likely N-dealkylation sites (N-methyl/N-ethyl adjacent to an activating group) is 1. The average Bonchev–Trinajstić information content (AvgIpc) is 3.06. The summed E-state index contributed by atoms with van der Waals surface area (Å²) < 4.78 is 1.84. The van der Waals surface area contributed by atoms with Crippen molar-refractivity contribution in [2.45, 2.75) is 51.5 Å². The molecule has 0 bridgehead atoms. The number of nitrogens with one attached hydrogen (secondary N) is 2. The standard InChI is InChI=1S/C20H38N6O.HI/c1-5-21-19(23-16-20(11-12-27)9-7-6-8-10-20)22-14-18(25(2)3)17-13-24-26(4)15-17;/h13,15,18,27H,5-12,14,16H2,1-4H3,(H2,21,22,23);1H. The molecule has 7 nitrogen and oxygen atoms in total. The molecule has 3 N–H and O–H groups in total. The molecule has 2 rings (SSSR count). The fourth-order valence-corrected chi connectivity index (χ4v) is 4.02. The van der Waals surface area contributed by atoms with Crippen LogP contribution in [0.3, 0.4) is 0 Å². The molecule has 1 fully saturated rings. The second-order valence-corrected chi connectivity index (χ2v) is 8.04. The second-order valence-electron chi connectivity index (χ2n) is 8.04. The Morgan fingerprint density at radius 3 is 2.57 bits per heavy atom. The van der Waals surface area contributed by atoms with Gasteiger partial charge in [0.1, 0.15) is 0 Å². The van der Waals surface area contributed by atoms with Gasteiger partial charge in [-0.2, -0.15) is 5.10 Å². The molecule has 0 spiro atoms. The number of halogens is 1. The van der Waals surface area contributed by atoms with Crippen LogP contribution in [0.25, 0.3) is 0 Å². The van der Waals surface area contributed by atoms with Crippen molar-refractivity contribution >= 4 is 29.9 Å². The van der Waals surface area contributed by atoms with Crippen LogP contribution in [0.15, 0.2) is 17.4 Å². The van der Waals surface area contributed by atoms with E-state index in [1.54, 1.807) is 0 Å². The van der Waals surface area contributed by atoms with Crippen molar-refractivity contribution in [2.24, 2.45) is 17.5 Å². The van der Waals surface area contributed by atoms with E-state index in [4.69, 9.17) is 4.99 Å². The fraction of sp³-hybridized carbons (Fsp3) is 0.800. The highest BCUT2D eigenvalue weighted by Gasteiger charge is 2.31. The molecule has 162 valence electrons. The van der Waals surface area contributed by atoms with Crippen molar-refractivity contribution in [3.63, 3.8) is 0 Å². The Balaban J connectivity index is 0.00000392. The van der Waals surface area contributed by atoms with E-state index in [-0.39, 0.29) is 42.0 Å². The first-order chi connectivity index (χ1) is 13.0. The molecule has 28 heavy (non-hydrogen) atoms. The Kier molecular flexibility index (Phi) is 11.4. The Bertz CT molecular complexity index is 577. The minimum Gasteiger partial charge on any atom is -0.396 e. The maximum atomic E-state index is 9.52. The second kappa shape index (κ2) is 12.6. The number of aryl methyl sites for hydroxylation is 1. The van der Waals surface area contributed by atoms with Gasteiger partial charge >= 0.3 is 0 Å². The van der Waals surface area contributed by atoms with Crippen LogP contribution in [0.2, 0.25) is 0 Å². The van der Waals surface area contributed by atoms with Gasteiger partial charge in [-0.3, -0.25) is 9.67 Å². The third kappa shape index (κ3) is 7.51. The summed E-state index contributed by atoms with van der Waals surface area (Å²) in [6.45, 7) is 4.72. The highest BCUT2D eigenvalue weighted by molar-refractivity contribution is 14.0. The van der Waals surface area contributed by atoms with E-state index in [0.29, 0.717) is 0 Å². The van der Waals surface area contributed by atoms with E-state index in [1.807, 2.05) is 17.9 Å². The first-order valence-corrected chi connectivity index (χ1v) is 10.3. The lowest BCUT2D eigenvalue weighted by Crippen LogP contribution is -2.42. The van der Waals surface area contributed by atoms with Crippen LogP contribution in [0, 0.1) is 5.41 Å². The third-order valence-corrected chi connectivity index (χ3v) is 5.67. The van der Waals surface area contributed by atoms with Gasteiger partial charge in [-0.1, -0.05) is 19.3 Å². The summed E-state index contributed by atoms with van der Waals surface area (Å²) in [5.41, 5.74) is 1.36. The van der Waals surface area contributed by atoms with Crippen LogP contribution in [0.1, 0.15) is 57.1 Å². The molecule has 1 heterocycles. The summed E-state index contributed by atoms with van der Waals surface area (Å²) in [7, 11) is 6.11. The van der Waals surface area contributed by atoms with Gasteiger partial charge in [0.25, 0.3) is 0 Å². The molecule has 0 amide bonds. The number of aliphatic hydroxyl groups is 1. The molecule has 1 aliphatic rings. The summed E-state index contributed by atoms with van der Waals surface area (Å²) >= 11 is 0. The molecule has 8 heteroatoms. The largest absolute Gasteiger partial charge is 0.396 e. The van der Waals surface area contributed by atoms with Crippen molar-refractivity contribution in [1.82, 2.24) is 25.3 Å². The first-order valence-electron chi connectivity index (χ1n) is 10.3. The number of rotatable bonds is 9. The van der Waals surface area contributed by atoms with Gasteiger partial charge in [0.15, 0.2) is 5.96 Å². The van der Waals surface area contributed by atoms with Gasteiger partial charge < -0.3 is 20.6 Å². The van der Waals surface area contributed by atoms with Crippen LogP contribution < -0.4 is 10.6 Å². The number of hydrogen-bond acceptors (Lipinski definition) is 4. The monoisotopic (exact) mass is 506 g/mol. The number of aliphatic hydroxyl groups excluding tert-OH is 1. The van der Waals surface area contributed by atoms with E-state index in [9.17, 15) is 5.11 Å². The van der Waals surface area contributed by atoms with E-state index < -0.39 is 0 Å². The minimum atomic E-state index is 0. The number of aromatic nitrogens is 2. The van der Waals surface area contributed by atoms with Gasteiger partial charge in [0, 0.05) is 45.0 Å². The molecule has 1 unspecified atom stereocenters. The van der Waals surface area contributed by atoms with Crippen molar-refractivity contribution < 1.29 is 5.11 Å². The van der Waals surface area contributed by atoms with E-state index >= 15 is 0 Å². The molecule has 0 saturated heterocycles. The fourth-order valence-electron chi connectivity index (χ4n) is 4.02. The summed E-state index contributed by atoms with van der Waals surface area (Å²) in [6.07, 6.45) is 11.0. The zero-order valence-corrected chi connectivity index (χ0v) is 20.3. The summed E-state index contributed by atoms with van der Waals surface area (Å²) in [6, 6.07) is 0.226. The van der Waals surface area contributed by atoms with E-state index in [0.717, 1.165) is 32.0 Å². The van der Waals surface area contributed by atoms with E-state index in [1.165, 1.54) is 37.7 Å². The van der Waals surface area contributed by atoms with Crippen LogP contribution in [0.5, 0.6) is 0 Å². The Labute approximate surface area is 187 Å². The molecule has 1 saturated carbocycles. The van der Waals surface area contributed by atoms with Gasteiger partial charge in [0.2, 0.25) is 0 Å². The van der Waals surface area contributed by atoms with Crippen LogP contribution in [0.4, 0.5) is 0 Å². The number of hydrogen-bond donors (Lipinski definition) is 3. The maximum Gasteiger partial charge on any atom is 0.191 e. The van der Waals surface area contributed by atoms with Crippen LogP contribution in [-0.4, -0.2) is 66.1 Å². The third-order valence-electron chi connectivity index (χ3n) is 5.67. The topological polar surface area (TPSA) is 77.7 Å². The first kappa shape index (κ1) is 25.2. The Morgan fingerprint density at radius 2 is 2.04 bits per heavy atom. The predicted octanol–water partition coefficient (Wildman–Crippen LogP) is 2.53. The summed E-state index contributed by atoms with van der Waals surface area (Å²) in [5.74, 6) is 0.858. The molecular weight excluding hydrogens is 467 g/mol. The number of aliphatic imine (C=N–C) groups is 1. The zero-order chi connectivity index (χ0) is 19.7. The summed E-state index contributed by atoms with van der Waals surface area (Å²) in [4.78, 5) is 7.10. The zero-order valence-electron chi connectivity index (χ0n) is 17.9. The molecule has 1 aliphatic carbocycles. The van der Waals surface area contributed by atoms with Crippen LogP contribution >= 0.6 is 24.0 Å². The lowest BCUT2D eigenvalue weighted by molar-refractivity contribution is 0.137. The normalized spacial score (nSPS) is 17.9. The maximum absolute atomic E-state index is 9.52. The molecule has 1 atom stereocenters. The van der Waals surface area contributed by atoms with Gasteiger partial charge in [-0.05, 0) is 45.7 Å². The van der Waals surface area contributed by atoms with E-state index in [2.05, 4.69) is 47.8 Å². The lowest BCUT2D eigenvalue weighted by Gasteiger charge is -2.36. The van der Waals surface area contributed by atoms with Gasteiger partial charge in [-0.15, -0.1) is 24.0 Å². The van der Waals surface area contributed by atoms with Gasteiger partial charge in [0.05, 0.1) is 12.2 Å². The molecule has 0 aromatic carbocycles. The number of guanidine groups is 1. The lowest BCUT2D eigenvalue weighted by atomic mass is 9.72. The quantitative estimate of drug-likeness (QED) is 0.273. The van der Waals surface area contributed by atoms with Gasteiger partial charge in [-0.25, -0.2) is 0 Å².